The number of carbonyl (C=O) groups excluding carboxylic acids is 1. The Morgan fingerprint density at radius 2 is 2.26 bits per heavy atom. The smallest absolute Gasteiger partial charge is 0.230 e. The van der Waals surface area contributed by atoms with Crippen LogP contribution < -0.4 is 10.6 Å². The Morgan fingerprint density at radius 1 is 1.53 bits per heavy atom. The minimum absolute atomic E-state index is 0. The highest BCUT2D eigenvalue weighted by molar-refractivity contribution is 5.91. The summed E-state index contributed by atoms with van der Waals surface area (Å²) in [5.74, 6) is 1.35. The lowest BCUT2D eigenvalue weighted by Gasteiger charge is -2.21. The topological polar surface area (TPSA) is 67.2 Å². The third kappa shape index (κ3) is 4.21. The Morgan fingerprint density at radius 3 is 2.79 bits per heavy atom. The van der Waals surface area contributed by atoms with E-state index in [1.54, 1.807) is 6.07 Å². The Kier molecular flexibility index (Phi) is 5.38. The number of anilines is 1. The van der Waals surface area contributed by atoms with Crippen LogP contribution in [0.15, 0.2) is 10.6 Å². The molecule has 19 heavy (non-hydrogen) atoms. The van der Waals surface area contributed by atoms with E-state index in [9.17, 15) is 4.79 Å². The molecule has 1 saturated heterocycles. The van der Waals surface area contributed by atoms with Crippen molar-refractivity contribution in [1.29, 1.82) is 0 Å². The van der Waals surface area contributed by atoms with Gasteiger partial charge in [0.15, 0.2) is 5.82 Å². The second-order valence-corrected chi connectivity index (χ2v) is 5.86. The fourth-order valence-electron chi connectivity index (χ4n) is 1.99. The molecule has 6 heteroatoms. The number of piperidine rings is 1. The summed E-state index contributed by atoms with van der Waals surface area (Å²) in [5, 5.41) is 9.94. The summed E-state index contributed by atoms with van der Waals surface area (Å²) in [4.78, 5) is 12.0. The van der Waals surface area contributed by atoms with Crippen molar-refractivity contribution in [3.63, 3.8) is 0 Å². The van der Waals surface area contributed by atoms with Gasteiger partial charge in [-0.05, 0) is 19.4 Å². The van der Waals surface area contributed by atoms with Gasteiger partial charge in [0.25, 0.3) is 0 Å². The highest BCUT2D eigenvalue weighted by Gasteiger charge is 2.24. The van der Waals surface area contributed by atoms with Gasteiger partial charge in [-0.2, -0.15) is 0 Å². The van der Waals surface area contributed by atoms with E-state index in [2.05, 4.69) is 15.8 Å². The number of hydrogen-bond donors (Lipinski definition) is 2. The van der Waals surface area contributed by atoms with Crippen molar-refractivity contribution in [3.05, 3.63) is 11.8 Å². The molecular formula is C13H22ClN3O2. The van der Waals surface area contributed by atoms with Gasteiger partial charge in [-0.25, -0.2) is 0 Å². The van der Waals surface area contributed by atoms with Gasteiger partial charge in [-0.15, -0.1) is 12.4 Å². The van der Waals surface area contributed by atoms with Crippen LogP contribution in [0.1, 0.15) is 39.4 Å². The van der Waals surface area contributed by atoms with Crippen molar-refractivity contribution in [3.8, 4) is 0 Å². The molecule has 0 radical (unpaired) electrons. The fraction of sp³-hybridized carbons (Fsp3) is 0.692. The van der Waals surface area contributed by atoms with Gasteiger partial charge in [-0.3, -0.25) is 4.79 Å². The van der Waals surface area contributed by atoms with E-state index < -0.39 is 0 Å². The van der Waals surface area contributed by atoms with E-state index >= 15 is 0 Å². The second kappa shape index (κ2) is 6.39. The van der Waals surface area contributed by atoms with Gasteiger partial charge in [0.1, 0.15) is 5.76 Å². The molecule has 1 atom stereocenters. The largest absolute Gasteiger partial charge is 0.359 e. The average Bonchev–Trinajstić information content (AvgIpc) is 2.78. The third-order valence-electron chi connectivity index (χ3n) is 3.17. The van der Waals surface area contributed by atoms with Crippen molar-refractivity contribution in [2.45, 2.75) is 39.0 Å². The van der Waals surface area contributed by atoms with Crippen LogP contribution in [0.3, 0.4) is 0 Å². The molecule has 2 N–H and O–H groups in total. The molecule has 0 aromatic carbocycles. The van der Waals surface area contributed by atoms with E-state index in [0.717, 1.165) is 31.7 Å². The second-order valence-electron chi connectivity index (χ2n) is 5.86. The standard InChI is InChI=1S/C13H21N3O2.ClH/c1-13(2,3)10-7-11(16-18-10)15-12(17)9-5-4-6-14-8-9;/h7,9,14H,4-6,8H2,1-3H3,(H,15,16,17);1H/t9-;/m1./s1. The first-order valence-electron chi connectivity index (χ1n) is 6.45. The predicted octanol–water partition coefficient (Wildman–Crippen LogP) is 2.33. The summed E-state index contributed by atoms with van der Waals surface area (Å²) in [6.45, 7) is 7.89. The summed E-state index contributed by atoms with van der Waals surface area (Å²) in [5.41, 5.74) is -0.0949. The molecule has 0 aliphatic carbocycles. The van der Waals surface area contributed by atoms with E-state index in [0.29, 0.717) is 5.82 Å². The lowest BCUT2D eigenvalue weighted by molar-refractivity contribution is -0.120. The molecule has 0 saturated carbocycles. The summed E-state index contributed by atoms with van der Waals surface area (Å²) in [6.07, 6.45) is 1.98. The first-order chi connectivity index (χ1) is 8.47. The van der Waals surface area contributed by atoms with Crippen LogP contribution in [0.25, 0.3) is 0 Å². The maximum absolute atomic E-state index is 12.0. The molecule has 1 aromatic rings. The maximum atomic E-state index is 12.0. The van der Waals surface area contributed by atoms with Crippen molar-refractivity contribution in [2.75, 3.05) is 18.4 Å². The molecule has 2 heterocycles. The molecule has 0 bridgehead atoms. The zero-order valence-corrected chi connectivity index (χ0v) is 12.5. The first-order valence-corrected chi connectivity index (χ1v) is 6.45. The number of rotatable bonds is 2. The normalized spacial score (nSPS) is 19.6. The number of amides is 1. The Bertz CT molecular complexity index is 420. The summed E-state index contributed by atoms with van der Waals surface area (Å²) in [6, 6.07) is 1.80. The van der Waals surface area contributed by atoms with Gasteiger partial charge in [0.05, 0.1) is 5.92 Å². The number of nitrogens with zero attached hydrogens (tertiary/aromatic N) is 1. The van der Waals surface area contributed by atoms with E-state index in [-0.39, 0.29) is 29.6 Å². The Balaban J connectivity index is 0.00000180. The molecule has 2 rings (SSSR count). The molecule has 1 aromatic heterocycles. The van der Waals surface area contributed by atoms with Crippen LogP contribution in [0.4, 0.5) is 5.82 Å². The summed E-state index contributed by atoms with van der Waals surface area (Å²) >= 11 is 0. The Labute approximate surface area is 119 Å². The lowest BCUT2D eigenvalue weighted by Crippen LogP contribution is -2.37. The van der Waals surface area contributed by atoms with Gasteiger partial charge >= 0.3 is 0 Å². The van der Waals surface area contributed by atoms with Crippen LogP contribution in [0.5, 0.6) is 0 Å². The minimum atomic E-state index is -0.0949. The summed E-state index contributed by atoms with van der Waals surface area (Å²) in [7, 11) is 0. The first kappa shape index (κ1) is 16.0. The third-order valence-corrected chi connectivity index (χ3v) is 3.17. The van der Waals surface area contributed by atoms with Gasteiger partial charge in [0, 0.05) is 18.0 Å². The van der Waals surface area contributed by atoms with Crippen molar-refractivity contribution in [1.82, 2.24) is 10.5 Å². The van der Waals surface area contributed by atoms with E-state index in [4.69, 9.17) is 4.52 Å². The molecule has 1 amide bonds. The van der Waals surface area contributed by atoms with E-state index in [1.165, 1.54) is 0 Å². The quantitative estimate of drug-likeness (QED) is 0.876. The molecule has 1 fully saturated rings. The monoisotopic (exact) mass is 287 g/mol. The van der Waals surface area contributed by atoms with Crippen molar-refractivity contribution < 1.29 is 9.32 Å². The van der Waals surface area contributed by atoms with Crippen LogP contribution in [0.2, 0.25) is 0 Å². The summed E-state index contributed by atoms with van der Waals surface area (Å²) < 4.78 is 5.24. The Hall–Kier alpha value is -1.07. The van der Waals surface area contributed by atoms with Crippen LogP contribution in [0, 0.1) is 5.92 Å². The zero-order chi connectivity index (χ0) is 13.2. The van der Waals surface area contributed by atoms with Crippen molar-refractivity contribution >= 4 is 24.1 Å². The van der Waals surface area contributed by atoms with Gasteiger partial charge in [-0.1, -0.05) is 25.9 Å². The number of halogens is 1. The van der Waals surface area contributed by atoms with E-state index in [1.807, 2.05) is 20.8 Å². The highest BCUT2D eigenvalue weighted by atomic mass is 35.5. The number of aromatic nitrogens is 1. The van der Waals surface area contributed by atoms with Crippen LogP contribution in [-0.4, -0.2) is 24.2 Å². The number of carbonyl (C=O) groups is 1. The minimum Gasteiger partial charge on any atom is -0.359 e. The van der Waals surface area contributed by atoms with Crippen LogP contribution in [-0.2, 0) is 10.2 Å². The lowest BCUT2D eigenvalue weighted by atomic mass is 9.93. The number of hydrogen-bond acceptors (Lipinski definition) is 4. The predicted molar refractivity (Wildman–Crippen MR) is 76.7 cm³/mol. The fourth-order valence-corrected chi connectivity index (χ4v) is 1.99. The highest BCUT2D eigenvalue weighted by Crippen LogP contribution is 2.24. The average molecular weight is 288 g/mol. The molecule has 1 aliphatic rings. The molecule has 5 nitrogen and oxygen atoms in total. The van der Waals surface area contributed by atoms with Crippen molar-refractivity contribution in [2.24, 2.45) is 5.92 Å². The SMILES string of the molecule is CC(C)(C)c1cc(NC(=O)[C@@H]2CCCNC2)no1.Cl. The molecule has 108 valence electrons. The maximum Gasteiger partial charge on any atom is 0.230 e. The van der Waals surface area contributed by atoms with Gasteiger partial charge < -0.3 is 15.2 Å². The zero-order valence-electron chi connectivity index (χ0n) is 11.7. The molecule has 0 unspecified atom stereocenters. The molecular weight excluding hydrogens is 266 g/mol. The molecule has 0 spiro atoms. The van der Waals surface area contributed by atoms with Crippen LogP contribution >= 0.6 is 12.4 Å². The number of nitrogens with one attached hydrogen (secondary N) is 2. The molecule has 1 aliphatic heterocycles. The van der Waals surface area contributed by atoms with Gasteiger partial charge in [0.2, 0.25) is 5.91 Å².